The molecule has 0 aromatic rings. The van der Waals surface area contributed by atoms with Crippen LogP contribution in [0.15, 0.2) is 24.3 Å². The maximum absolute atomic E-state index is 11.1. The summed E-state index contributed by atoms with van der Waals surface area (Å²) in [4.78, 5) is 0. The summed E-state index contributed by atoms with van der Waals surface area (Å²) in [6.45, 7) is 39.0. The van der Waals surface area contributed by atoms with E-state index in [0.29, 0.717) is 0 Å². The Hall–Kier alpha value is 2.53. The number of hydrogen-bond acceptors (Lipinski definition) is 0. The number of hydrogen-bond donors (Lipinski definition) is 0. The Bertz CT molecular complexity index is 848. The van der Waals surface area contributed by atoms with Crippen LogP contribution in [0.25, 0.3) is 10.3 Å². The minimum atomic E-state index is -2.02. The Labute approximate surface area is 350 Å². The first-order valence-corrected chi connectivity index (χ1v) is 29.9. The number of nitrogens with zero attached hydrogens (tertiary/aromatic N) is 2. The third kappa shape index (κ3) is 20.1. The van der Waals surface area contributed by atoms with E-state index >= 15 is 0 Å². The number of allylic oxidation sites excluding steroid dienone is 4. The average molecular weight is 891 g/mol. The third-order valence-electron chi connectivity index (χ3n) is 9.53. The van der Waals surface area contributed by atoms with Gasteiger partial charge in [-0.1, -0.05) is 187 Å². The average Bonchev–Trinajstić information content (AvgIpc) is 3.61. The summed E-state index contributed by atoms with van der Waals surface area (Å²) in [5.41, 5.74) is 0. The van der Waals surface area contributed by atoms with Crippen LogP contribution in [0.3, 0.4) is 0 Å². The molecule has 0 amide bonds. The molecule has 2 unspecified atom stereocenters. The molecule has 2 atom stereocenters. The summed E-state index contributed by atoms with van der Waals surface area (Å²) in [7, 11) is 15.5. The van der Waals surface area contributed by atoms with E-state index in [9.17, 15) is 10.3 Å². The number of rotatable bonds is 0. The fourth-order valence-electron chi connectivity index (χ4n) is 8.83. The third-order valence-corrected chi connectivity index (χ3v) is 21.2. The van der Waals surface area contributed by atoms with Crippen LogP contribution in [0, 0.1) is 26.7 Å². The van der Waals surface area contributed by atoms with Crippen molar-refractivity contribution >= 4 is 51.3 Å². The van der Waals surface area contributed by atoms with E-state index in [1.54, 1.807) is 0 Å². The second-order valence-corrected chi connectivity index (χ2v) is 35.0. The summed E-state index contributed by atoms with van der Waals surface area (Å²) < 4.78 is 0. The molecule has 3 aliphatic rings. The zero-order valence-electron chi connectivity index (χ0n) is 36.4. The van der Waals surface area contributed by atoms with Gasteiger partial charge in [0.05, 0.1) is 0 Å². The second kappa shape index (κ2) is 26.4. The predicted molar refractivity (Wildman–Crippen MR) is 238 cm³/mol. The Kier molecular flexibility index (Phi) is 32.7. The van der Waals surface area contributed by atoms with Crippen molar-refractivity contribution in [2.45, 2.75) is 207 Å². The molecule has 0 N–H and O–H groups in total. The van der Waals surface area contributed by atoms with Crippen molar-refractivity contribution in [3.63, 3.8) is 0 Å². The van der Waals surface area contributed by atoms with Gasteiger partial charge in [0.25, 0.3) is 0 Å². The molecule has 0 spiro atoms. The van der Waals surface area contributed by atoms with Crippen molar-refractivity contribution < 1.29 is 34.1 Å². The van der Waals surface area contributed by atoms with Crippen LogP contribution in [0.1, 0.15) is 176 Å². The summed E-state index contributed by atoms with van der Waals surface area (Å²) in [5.74, 6) is 1.80. The molecule has 10 heteroatoms. The monoisotopic (exact) mass is 888 g/mol. The van der Waals surface area contributed by atoms with Gasteiger partial charge in [0.15, 0.2) is 0 Å². The number of halogens is 4. The zero-order valence-corrected chi connectivity index (χ0v) is 44.4. The fraction of sp³-hybridized carbons (Fsp3) is 0.850. The van der Waals surface area contributed by atoms with Gasteiger partial charge >= 0.3 is 71.3 Å². The van der Waals surface area contributed by atoms with Gasteiger partial charge in [-0.2, -0.15) is 0 Å². The van der Waals surface area contributed by atoms with Crippen LogP contribution in [0.2, 0.25) is 0 Å². The molecule has 0 bridgehead atoms. The van der Waals surface area contributed by atoms with E-state index in [1.807, 2.05) is 0 Å². The van der Waals surface area contributed by atoms with Crippen molar-refractivity contribution in [3.8, 4) is 0 Å². The topological polar surface area (TPSA) is 44.6 Å². The van der Waals surface area contributed by atoms with E-state index < -0.39 is 48.2 Å². The second-order valence-electron chi connectivity index (χ2n) is 19.2. The Morgan fingerprint density at radius 1 is 0.420 bits per heavy atom. The van der Waals surface area contributed by atoms with Crippen LogP contribution in [-0.2, 0) is 34.1 Å². The maximum atomic E-state index is 11.1. The summed E-state index contributed by atoms with van der Waals surface area (Å²) >= 11 is -1.11. The standard InChI is InChI=1S/2C12H27NP.C9H12.C5H10.2CH3.4ClH.2Ti/c2*1-10(2,3)14(13,11(4,5)6)12(7,8)9;1-2-5-9-7-3-6-8(9)4-1;1-2-4-5-3-1;;;;;;;;/h2*1-9H3;1-2,4-5,8-9H,3,6-7H2;1-5H2;2*1H3;4*1H;;/q2*-1;;;2*-1;;;;;2*+2/p-4. The van der Waals surface area contributed by atoms with Crippen molar-refractivity contribution in [1.82, 2.24) is 0 Å². The van der Waals surface area contributed by atoms with Crippen molar-refractivity contribution in [1.29, 1.82) is 0 Å². The molecule has 0 radical (unpaired) electrons. The SMILES string of the molecule is C1=CC2CCCC2C=C1.C1CCCC1.CC(C)(C)P(=[N-])(C(C)(C)C)C(C)(C)C.CC(C)(C)P(=[N-])(C(C)(C)C)C(C)(C)C.[CH3-].[CH3-].[Cl][Ti][Cl].[Cl][Ti][Cl]. The van der Waals surface area contributed by atoms with Gasteiger partial charge in [-0.3, -0.25) is 0 Å². The molecular formula is C40H82Cl4N2P2Ti2-4. The molecule has 2 nitrogen and oxygen atoms in total. The normalized spacial score (nSPS) is 18.8. The molecular weight excluding hydrogens is 808 g/mol. The van der Waals surface area contributed by atoms with Crippen molar-refractivity contribution in [2.75, 3.05) is 0 Å². The van der Waals surface area contributed by atoms with E-state index in [0.717, 1.165) is 11.8 Å². The summed E-state index contributed by atoms with van der Waals surface area (Å²) in [5, 5.41) is 22.2. The first kappa shape index (κ1) is 61.7. The van der Waals surface area contributed by atoms with Gasteiger partial charge in [0.1, 0.15) is 0 Å². The zero-order chi connectivity index (χ0) is 39.1. The predicted octanol–water partition coefficient (Wildman–Crippen LogP) is 18.4. The van der Waals surface area contributed by atoms with E-state index in [-0.39, 0.29) is 45.8 Å². The molecule has 0 aromatic heterocycles. The van der Waals surface area contributed by atoms with Gasteiger partial charge in [0.2, 0.25) is 0 Å². The summed E-state index contributed by atoms with van der Waals surface area (Å²) in [6.07, 6.45) is 20.9. The first-order valence-electron chi connectivity index (χ1n) is 17.8. The molecule has 0 heterocycles. The van der Waals surface area contributed by atoms with Gasteiger partial charge < -0.3 is 25.2 Å². The van der Waals surface area contributed by atoms with Gasteiger partial charge in [0, 0.05) is 0 Å². The van der Waals surface area contributed by atoms with Crippen LogP contribution in [0.4, 0.5) is 0 Å². The quantitative estimate of drug-likeness (QED) is 0.132. The Morgan fingerprint density at radius 3 is 0.700 bits per heavy atom. The van der Waals surface area contributed by atoms with Gasteiger partial charge in [-0.15, -0.1) is 0 Å². The van der Waals surface area contributed by atoms with Gasteiger partial charge in [-0.05, 0) is 55.6 Å². The van der Waals surface area contributed by atoms with E-state index in [2.05, 4.69) is 149 Å². The van der Waals surface area contributed by atoms with Crippen LogP contribution in [-0.4, -0.2) is 30.9 Å². The molecule has 3 rings (SSSR count). The van der Waals surface area contributed by atoms with E-state index in [4.69, 9.17) is 37.2 Å². The van der Waals surface area contributed by atoms with Crippen molar-refractivity contribution in [2.24, 2.45) is 11.8 Å². The molecule has 3 aliphatic carbocycles. The molecule has 2 saturated carbocycles. The minimum absolute atomic E-state index is 0. The van der Waals surface area contributed by atoms with Crippen molar-refractivity contribution in [3.05, 3.63) is 49.5 Å². The van der Waals surface area contributed by atoms with Crippen LogP contribution >= 0.6 is 51.3 Å². The first-order chi connectivity index (χ1) is 21.3. The molecule has 50 heavy (non-hydrogen) atoms. The van der Waals surface area contributed by atoms with Crippen LogP contribution in [0.5, 0.6) is 0 Å². The molecule has 0 aliphatic heterocycles. The molecule has 0 saturated heterocycles. The number of fused-ring (bicyclic) bond motifs is 1. The molecule has 0 aromatic carbocycles. The Morgan fingerprint density at radius 2 is 0.580 bits per heavy atom. The van der Waals surface area contributed by atoms with E-state index in [1.165, 1.54) is 51.4 Å². The summed E-state index contributed by atoms with van der Waals surface area (Å²) in [6, 6.07) is 0. The van der Waals surface area contributed by atoms with Gasteiger partial charge in [-0.25, -0.2) is 14.1 Å². The Balaban J connectivity index is -0.000000174. The molecule has 302 valence electrons. The molecule has 2 fully saturated rings. The van der Waals surface area contributed by atoms with Crippen LogP contribution < -0.4 is 0 Å². The fourth-order valence-corrected chi connectivity index (χ4v) is 20.9.